The van der Waals surface area contributed by atoms with E-state index in [1.54, 1.807) is 6.92 Å². The third-order valence-electron chi connectivity index (χ3n) is 3.12. The van der Waals surface area contributed by atoms with Gasteiger partial charge in [0.2, 0.25) is 0 Å². The highest BCUT2D eigenvalue weighted by atomic mass is 19.1. The highest BCUT2D eigenvalue weighted by Crippen LogP contribution is 2.23. The van der Waals surface area contributed by atoms with Crippen LogP contribution in [0, 0.1) is 17.0 Å². The third kappa shape index (κ3) is 5.66. The Bertz CT molecular complexity index is 398. The van der Waals surface area contributed by atoms with Gasteiger partial charge in [-0.05, 0) is 43.4 Å². The standard InChI is InChI=1S/C15H23F2NO/c1-10(19)8-15(3,4)9-18-11(2)12-5-13(16)7-14(17)6-12/h5-7,10-11,18-19H,8-9H2,1-4H3. The molecular weight excluding hydrogens is 248 g/mol. The van der Waals surface area contributed by atoms with Crippen LogP contribution < -0.4 is 5.32 Å². The van der Waals surface area contributed by atoms with Crippen LogP contribution in [0.1, 0.15) is 45.7 Å². The van der Waals surface area contributed by atoms with Gasteiger partial charge in [0.05, 0.1) is 6.10 Å². The van der Waals surface area contributed by atoms with Gasteiger partial charge in [-0.3, -0.25) is 0 Å². The van der Waals surface area contributed by atoms with Gasteiger partial charge >= 0.3 is 0 Å². The van der Waals surface area contributed by atoms with Crippen LogP contribution >= 0.6 is 0 Å². The number of aliphatic hydroxyl groups excluding tert-OH is 1. The summed E-state index contributed by atoms with van der Waals surface area (Å²) in [5, 5.41) is 12.7. The maximum absolute atomic E-state index is 13.1. The second-order valence-electron chi connectivity index (χ2n) is 6.02. The van der Waals surface area contributed by atoms with Crippen LogP contribution in [0.15, 0.2) is 18.2 Å². The number of halogens is 2. The van der Waals surface area contributed by atoms with Crippen molar-refractivity contribution in [3.8, 4) is 0 Å². The Kier molecular flexibility index (Phi) is 5.44. The summed E-state index contributed by atoms with van der Waals surface area (Å²) in [5.41, 5.74) is 0.513. The Labute approximate surface area is 113 Å². The summed E-state index contributed by atoms with van der Waals surface area (Å²) in [6.45, 7) is 8.38. The zero-order valence-electron chi connectivity index (χ0n) is 12.0. The fraction of sp³-hybridized carbons (Fsp3) is 0.600. The molecular formula is C15H23F2NO. The van der Waals surface area contributed by atoms with Crippen LogP contribution in [0.2, 0.25) is 0 Å². The first-order valence-electron chi connectivity index (χ1n) is 6.57. The summed E-state index contributed by atoms with van der Waals surface area (Å²) < 4.78 is 26.3. The predicted octanol–water partition coefficient (Wildman–Crippen LogP) is 3.41. The fourth-order valence-corrected chi connectivity index (χ4v) is 2.24. The Morgan fingerprint density at radius 3 is 2.16 bits per heavy atom. The second kappa shape index (κ2) is 6.44. The zero-order chi connectivity index (χ0) is 14.6. The number of hydrogen-bond acceptors (Lipinski definition) is 2. The molecule has 1 rings (SSSR count). The molecule has 0 aliphatic carbocycles. The Morgan fingerprint density at radius 2 is 1.68 bits per heavy atom. The van der Waals surface area contributed by atoms with Crippen molar-refractivity contribution in [1.29, 1.82) is 0 Å². The van der Waals surface area contributed by atoms with Gasteiger partial charge in [-0.25, -0.2) is 8.78 Å². The molecule has 0 bridgehead atoms. The van der Waals surface area contributed by atoms with Gasteiger partial charge < -0.3 is 10.4 Å². The minimum Gasteiger partial charge on any atom is -0.393 e. The Hall–Kier alpha value is -1.00. The topological polar surface area (TPSA) is 32.3 Å². The van der Waals surface area contributed by atoms with Crippen LogP contribution in [-0.4, -0.2) is 17.8 Å². The van der Waals surface area contributed by atoms with E-state index >= 15 is 0 Å². The van der Waals surface area contributed by atoms with Crippen molar-refractivity contribution in [3.05, 3.63) is 35.4 Å². The molecule has 0 spiro atoms. The number of aliphatic hydroxyl groups is 1. The van der Waals surface area contributed by atoms with E-state index < -0.39 is 11.6 Å². The lowest BCUT2D eigenvalue weighted by Crippen LogP contribution is -2.33. The average molecular weight is 271 g/mol. The summed E-state index contributed by atoms with van der Waals surface area (Å²) in [6, 6.07) is 3.40. The van der Waals surface area contributed by atoms with Crippen LogP contribution in [0.3, 0.4) is 0 Å². The quantitative estimate of drug-likeness (QED) is 0.831. The smallest absolute Gasteiger partial charge is 0.126 e. The molecule has 0 saturated carbocycles. The van der Waals surface area contributed by atoms with Crippen molar-refractivity contribution < 1.29 is 13.9 Å². The van der Waals surface area contributed by atoms with Gasteiger partial charge in [-0.15, -0.1) is 0 Å². The molecule has 0 saturated heterocycles. The predicted molar refractivity (Wildman–Crippen MR) is 72.9 cm³/mol. The first-order chi connectivity index (χ1) is 8.69. The van der Waals surface area contributed by atoms with E-state index in [0.29, 0.717) is 18.5 Å². The van der Waals surface area contributed by atoms with E-state index in [4.69, 9.17) is 0 Å². The number of benzene rings is 1. The van der Waals surface area contributed by atoms with E-state index in [1.165, 1.54) is 12.1 Å². The van der Waals surface area contributed by atoms with Gasteiger partial charge in [0.1, 0.15) is 11.6 Å². The minimum absolute atomic E-state index is 0.0751. The third-order valence-corrected chi connectivity index (χ3v) is 3.12. The molecule has 2 N–H and O–H groups in total. The summed E-state index contributed by atoms with van der Waals surface area (Å²) in [6.07, 6.45) is 0.309. The van der Waals surface area contributed by atoms with Crippen LogP contribution in [0.25, 0.3) is 0 Å². The van der Waals surface area contributed by atoms with Crippen LogP contribution in [0.5, 0.6) is 0 Å². The van der Waals surface area contributed by atoms with Crippen LogP contribution in [-0.2, 0) is 0 Å². The van der Waals surface area contributed by atoms with Gasteiger partial charge in [0.15, 0.2) is 0 Å². The molecule has 2 atom stereocenters. The van der Waals surface area contributed by atoms with Crippen molar-refractivity contribution in [2.75, 3.05) is 6.54 Å². The molecule has 1 aromatic carbocycles. The first kappa shape index (κ1) is 16.1. The van der Waals surface area contributed by atoms with Crippen molar-refractivity contribution >= 4 is 0 Å². The largest absolute Gasteiger partial charge is 0.393 e. The number of nitrogens with one attached hydrogen (secondary N) is 1. The molecule has 1 aromatic rings. The molecule has 0 aliphatic rings. The minimum atomic E-state index is -0.563. The van der Waals surface area contributed by atoms with Gasteiger partial charge in [0.25, 0.3) is 0 Å². The highest BCUT2D eigenvalue weighted by molar-refractivity contribution is 5.20. The molecule has 4 heteroatoms. The molecule has 0 fully saturated rings. The normalized spacial score (nSPS) is 15.3. The summed E-state index contributed by atoms with van der Waals surface area (Å²) in [4.78, 5) is 0. The average Bonchev–Trinajstić information content (AvgIpc) is 2.22. The maximum Gasteiger partial charge on any atom is 0.126 e. The first-order valence-corrected chi connectivity index (χ1v) is 6.57. The van der Waals surface area contributed by atoms with E-state index in [-0.39, 0.29) is 17.6 Å². The number of hydrogen-bond donors (Lipinski definition) is 2. The van der Waals surface area contributed by atoms with Gasteiger partial charge in [0, 0.05) is 18.7 Å². The summed E-state index contributed by atoms with van der Waals surface area (Å²) in [7, 11) is 0. The van der Waals surface area contributed by atoms with E-state index in [2.05, 4.69) is 5.32 Å². The summed E-state index contributed by atoms with van der Waals surface area (Å²) >= 11 is 0. The summed E-state index contributed by atoms with van der Waals surface area (Å²) in [5.74, 6) is -1.13. The van der Waals surface area contributed by atoms with E-state index in [0.717, 1.165) is 6.07 Å². The molecule has 0 aliphatic heterocycles. The molecule has 0 radical (unpaired) electrons. The Balaban J connectivity index is 2.62. The van der Waals surface area contributed by atoms with Crippen molar-refractivity contribution in [2.45, 2.75) is 46.3 Å². The maximum atomic E-state index is 13.1. The lowest BCUT2D eigenvalue weighted by Gasteiger charge is -2.28. The van der Waals surface area contributed by atoms with Crippen molar-refractivity contribution in [1.82, 2.24) is 5.32 Å². The lowest BCUT2D eigenvalue weighted by atomic mass is 9.86. The monoisotopic (exact) mass is 271 g/mol. The molecule has 108 valence electrons. The molecule has 2 nitrogen and oxygen atoms in total. The van der Waals surface area contributed by atoms with Gasteiger partial charge in [-0.1, -0.05) is 13.8 Å². The second-order valence-corrected chi connectivity index (χ2v) is 6.02. The number of rotatable bonds is 6. The van der Waals surface area contributed by atoms with Crippen molar-refractivity contribution in [2.24, 2.45) is 5.41 Å². The highest BCUT2D eigenvalue weighted by Gasteiger charge is 2.21. The lowest BCUT2D eigenvalue weighted by molar-refractivity contribution is 0.127. The van der Waals surface area contributed by atoms with E-state index in [9.17, 15) is 13.9 Å². The van der Waals surface area contributed by atoms with Crippen LogP contribution in [0.4, 0.5) is 8.78 Å². The molecule has 0 amide bonds. The fourth-order valence-electron chi connectivity index (χ4n) is 2.24. The SMILES string of the molecule is CC(O)CC(C)(C)CNC(C)c1cc(F)cc(F)c1. The molecule has 19 heavy (non-hydrogen) atoms. The Morgan fingerprint density at radius 1 is 1.16 bits per heavy atom. The van der Waals surface area contributed by atoms with E-state index in [1.807, 2.05) is 20.8 Å². The van der Waals surface area contributed by atoms with Gasteiger partial charge in [-0.2, -0.15) is 0 Å². The molecule has 0 heterocycles. The molecule has 0 aromatic heterocycles. The molecule has 2 unspecified atom stereocenters. The zero-order valence-corrected chi connectivity index (χ0v) is 12.0. The van der Waals surface area contributed by atoms with Crippen molar-refractivity contribution in [3.63, 3.8) is 0 Å².